The van der Waals surface area contributed by atoms with E-state index in [4.69, 9.17) is 5.73 Å². The summed E-state index contributed by atoms with van der Waals surface area (Å²) in [6, 6.07) is 3.98. The van der Waals surface area contributed by atoms with Gasteiger partial charge in [-0.15, -0.1) is 11.3 Å². The van der Waals surface area contributed by atoms with Crippen molar-refractivity contribution in [2.75, 3.05) is 6.54 Å². The molecule has 1 saturated carbocycles. The molecule has 0 bridgehead atoms. The highest BCUT2D eigenvalue weighted by Crippen LogP contribution is 2.27. The van der Waals surface area contributed by atoms with E-state index in [1.807, 2.05) is 12.1 Å². The van der Waals surface area contributed by atoms with Crippen LogP contribution >= 0.6 is 11.3 Å². The Morgan fingerprint density at radius 3 is 2.95 bits per heavy atom. The second kappa shape index (κ2) is 6.32. The molecule has 0 aliphatic heterocycles. The van der Waals surface area contributed by atoms with Gasteiger partial charge in [-0.2, -0.15) is 0 Å². The van der Waals surface area contributed by atoms with E-state index >= 15 is 0 Å². The van der Waals surface area contributed by atoms with Crippen molar-refractivity contribution in [2.45, 2.75) is 25.3 Å². The number of nitrogens with two attached hydrogens (primary N) is 1. The van der Waals surface area contributed by atoms with Crippen LogP contribution in [0.3, 0.4) is 0 Å². The lowest BCUT2D eigenvalue weighted by Crippen LogP contribution is -2.39. The maximum Gasteiger partial charge on any atom is 0.263 e. The van der Waals surface area contributed by atoms with Crippen molar-refractivity contribution < 1.29 is 4.79 Å². The second-order valence-corrected chi connectivity index (χ2v) is 6.30. The van der Waals surface area contributed by atoms with Crippen LogP contribution in [-0.4, -0.2) is 28.5 Å². The van der Waals surface area contributed by atoms with Crippen molar-refractivity contribution in [3.8, 4) is 10.6 Å². The van der Waals surface area contributed by atoms with E-state index in [2.05, 4.69) is 15.3 Å². The first-order chi connectivity index (χ1) is 10.3. The highest BCUT2D eigenvalue weighted by molar-refractivity contribution is 7.16. The minimum absolute atomic E-state index is 0.0434. The van der Waals surface area contributed by atoms with E-state index in [0.29, 0.717) is 17.3 Å². The van der Waals surface area contributed by atoms with Crippen molar-refractivity contribution in [3.63, 3.8) is 0 Å². The molecule has 0 spiro atoms. The van der Waals surface area contributed by atoms with Crippen LogP contribution in [0.4, 0.5) is 0 Å². The van der Waals surface area contributed by atoms with Crippen molar-refractivity contribution in [1.29, 1.82) is 0 Å². The van der Waals surface area contributed by atoms with Gasteiger partial charge in [0.2, 0.25) is 0 Å². The van der Waals surface area contributed by atoms with E-state index in [1.165, 1.54) is 11.3 Å². The Labute approximate surface area is 127 Å². The quantitative estimate of drug-likeness (QED) is 0.906. The lowest BCUT2D eigenvalue weighted by molar-refractivity contribution is 0.0932. The molecule has 0 radical (unpaired) electrons. The monoisotopic (exact) mass is 302 g/mol. The van der Waals surface area contributed by atoms with Crippen LogP contribution in [0.1, 0.15) is 28.9 Å². The Morgan fingerprint density at radius 1 is 1.38 bits per heavy atom. The summed E-state index contributed by atoms with van der Waals surface area (Å²) in [5.74, 6) is 0.361. The molecular formula is C15H18N4OS. The first-order valence-electron chi connectivity index (χ1n) is 7.15. The fourth-order valence-corrected chi connectivity index (χ4v) is 3.58. The summed E-state index contributed by atoms with van der Waals surface area (Å²) in [5.41, 5.74) is 6.73. The van der Waals surface area contributed by atoms with Crippen LogP contribution in [0.15, 0.2) is 30.7 Å². The van der Waals surface area contributed by atoms with Gasteiger partial charge in [-0.1, -0.05) is 6.42 Å². The largest absolute Gasteiger partial charge is 0.348 e. The summed E-state index contributed by atoms with van der Waals surface area (Å²) in [5, 5.41) is 3.94. The van der Waals surface area contributed by atoms with Crippen molar-refractivity contribution in [3.05, 3.63) is 35.6 Å². The molecule has 0 aromatic carbocycles. The lowest BCUT2D eigenvalue weighted by atomic mass is 10.0. The topological polar surface area (TPSA) is 80.9 Å². The van der Waals surface area contributed by atoms with Crippen molar-refractivity contribution >= 4 is 17.2 Å². The van der Waals surface area contributed by atoms with Gasteiger partial charge in [0.15, 0.2) is 0 Å². The van der Waals surface area contributed by atoms with Gasteiger partial charge in [0, 0.05) is 24.0 Å². The number of amides is 1. The van der Waals surface area contributed by atoms with E-state index in [-0.39, 0.29) is 11.9 Å². The number of nitrogens with one attached hydrogen (secondary N) is 1. The van der Waals surface area contributed by atoms with E-state index in [0.717, 1.165) is 29.8 Å². The summed E-state index contributed by atoms with van der Waals surface area (Å²) in [7, 11) is 0. The Morgan fingerprint density at radius 2 is 2.19 bits per heavy atom. The standard InChI is InChI=1S/C15H18N4OS/c16-8-11-2-1-3-12(11)19-14(20)13-9-18-15(21-13)10-4-6-17-7-5-10/h4-7,9,11-12H,1-3,8,16H2,(H,19,20). The summed E-state index contributed by atoms with van der Waals surface area (Å²) in [6.45, 7) is 0.635. The van der Waals surface area contributed by atoms with E-state index in [1.54, 1.807) is 18.6 Å². The summed E-state index contributed by atoms with van der Waals surface area (Å²) in [4.78, 5) is 21.3. The highest BCUT2D eigenvalue weighted by atomic mass is 32.1. The summed E-state index contributed by atoms with van der Waals surface area (Å²) in [6.07, 6.45) is 8.34. The minimum Gasteiger partial charge on any atom is -0.348 e. The smallest absolute Gasteiger partial charge is 0.263 e. The molecule has 2 aromatic rings. The number of pyridine rings is 1. The number of nitrogens with zero attached hydrogens (tertiary/aromatic N) is 2. The third-order valence-corrected chi connectivity index (χ3v) is 4.98. The van der Waals surface area contributed by atoms with Gasteiger partial charge in [0.05, 0.1) is 6.20 Å². The molecule has 3 rings (SSSR count). The van der Waals surface area contributed by atoms with Gasteiger partial charge < -0.3 is 11.1 Å². The third kappa shape index (κ3) is 3.11. The van der Waals surface area contributed by atoms with Crippen LogP contribution in [0.5, 0.6) is 0 Å². The summed E-state index contributed by atoms with van der Waals surface area (Å²) < 4.78 is 0. The van der Waals surface area contributed by atoms with Crippen LogP contribution in [0.25, 0.3) is 10.6 Å². The van der Waals surface area contributed by atoms with E-state index < -0.39 is 0 Å². The van der Waals surface area contributed by atoms with Gasteiger partial charge in [-0.25, -0.2) is 4.98 Å². The molecule has 2 atom stereocenters. The predicted molar refractivity (Wildman–Crippen MR) is 83.0 cm³/mol. The lowest BCUT2D eigenvalue weighted by Gasteiger charge is -2.18. The van der Waals surface area contributed by atoms with Crippen LogP contribution < -0.4 is 11.1 Å². The Kier molecular flexibility index (Phi) is 4.26. The van der Waals surface area contributed by atoms with Crippen LogP contribution in [0, 0.1) is 5.92 Å². The average Bonchev–Trinajstić information content (AvgIpc) is 3.17. The SMILES string of the molecule is NCC1CCCC1NC(=O)c1cnc(-c2ccncc2)s1. The van der Waals surface area contributed by atoms with Crippen LogP contribution in [0.2, 0.25) is 0 Å². The molecule has 1 fully saturated rings. The van der Waals surface area contributed by atoms with Gasteiger partial charge in [0.1, 0.15) is 9.88 Å². The molecule has 5 nitrogen and oxygen atoms in total. The van der Waals surface area contributed by atoms with Gasteiger partial charge >= 0.3 is 0 Å². The molecule has 2 heterocycles. The molecule has 2 aromatic heterocycles. The van der Waals surface area contributed by atoms with Gasteiger partial charge in [-0.3, -0.25) is 9.78 Å². The van der Waals surface area contributed by atoms with Crippen molar-refractivity contribution in [2.24, 2.45) is 11.7 Å². The first kappa shape index (κ1) is 14.2. The Hall–Kier alpha value is -1.79. The predicted octanol–water partition coefficient (Wildman–Crippen LogP) is 2.06. The Balaban J connectivity index is 1.70. The fourth-order valence-electron chi connectivity index (χ4n) is 2.76. The molecule has 3 N–H and O–H groups in total. The van der Waals surface area contributed by atoms with Crippen molar-refractivity contribution in [1.82, 2.24) is 15.3 Å². The van der Waals surface area contributed by atoms with Gasteiger partial charge in [0.25, 0.3) is 5.91 Å². The number of carbonyl (C=O) groups excluding carboxylic acids is 1. The number of aromatic nitrogens is 2. The molecule has 2 unspecified atom stereocenters. The Bertz CT molecular complexity index is 613. The first-order valence-corrected chi connectivity index (χ1v) is 7.96. The molecule has 0 saturated heterocycles. The third-order valence-electron chi connectivity index (χ3n) is 3.94. The zero-order valence-electron chi connectivity index (χ0n) is 11.7. The number of carbonyl (C=O) groups is 1. The second-order valence-electron chi connectivity index (χ2n) is 5.27. The zero-order valence-corrected chi connectivity index (χ0v) is 12.5. The van der Waals surface area contributed by atoms with E-state index in [9.17, 15) is 4.79 Å². The fraction of sp³-hybridized carbons (Fsp3) is 0.400. The molecular weight excluding hydrogens is 284 g/mol. The molecule has 1 amide bonds. The maximum atomic E-state index is 12.3. The number of hydrogen-bond donors (Lipinski definition) is 2. The minimum atomic E-state index is -0.0434. The number of rotatable bonds is 4. The highest BCUT2D eigenvalue weighted by Gasteiger charge is 2.28. The summed E-state index contributed by atoms with van der Waals surface area (Å²) >= 11 is 1.40. The number of thiazole rings is 1. The normalized spacial score (nSPS) is 21.4. The molecule has 110 valence electrons. The molecule has 1 aliphatic rings. The molecule has 6 heteroatoms. The zero-order chi connectivity index (χ0) is 14.7. The maximum absolute atomic E-state index is 12.3. The van der Waals surface area contributed by atoms with Gasteiger partial charge in [-0.05, 0) is 37.4 Å². The average molecular weight is 302 g/mol. The molecule has 1 aliphatic carbocycles. The molecule has 21 heavy (non-hydrogen) atoms. The van der Waals surface area contributed by atoms with Crippen LogP contribution in [-0.2, 0) is 0 Å². The number of hydrogen-bond acceptors (Lipinski definition) is 5.